The molecule has 180 valence electrons. The van der Waals surface area contributed by atoms with Crippen LogP contribution in [0.15, 0.2) is 67.5 Å². The molecule has 0 atom stereocenters. The van der Waals surface area contributed by atoms with E-state index >= 15 is 0 Å². The third-order valence-electron chi connectivity index (χ3n) is 5.42. The van der Waals surface area contributed by atoms with Crippen molar-refractivity contribution in [3.63, 3.8) is 0 Å². The molecule has 2 aromatic carbocycles. The minimum atomic E-state index is -0.311. The fraction of sp³-hybridized carbons (Fsp3) is 0.192. The normalized spacial score (nSPS) is 10.9. The summed E-state index contributed by atoms with van der Waals surface area (Å²) in [6.45, 7) is 5.06. The zero-order chi connectivity index (χ0) is 24.8. The number of fused-ring (bicyclic) bond motifs is 1. The van der Waals surface area contributed by atoms with E-state index in [1.807, 2.05) is 50.6 Å². The molecular formula is C26H29N7O2. The number of likely N-dealkylation sites (N-methyl/N-ethyl adjacent to an activating group) is 1. The number of hydrogen-bond donors (Lipinski definition) is 4. The smallest absolute Gasteiger partial charge is 0.247 e. The molecule has 9 heteroatoms. The van der Waals surface area contributed by atoms with Crippen LogP contribution < -0.4 is 20.7 Å². The molecule has 0 fully saturated rings. The highest BCUT2D eigenvalue weighted by molar-refractivity contribution is 6.02. The van der Waals surface area contributed by atoms with Crippen molar-refractivity contribution in [3.8, 4) is 17.0 Å². The van der Waals surface area contributed by atoms with Gasteiger partial charge in [0.15, 0.2) is 0 Å². The average Bonchev–Trinajstić information content (AvgIpc) is 3.29. The summed E-state index contributed by atoms with van der Waals surface area (Å²) in [4.78, 5) is 26.5. The molecule has 0 saturated heterocycles. The van der Waals surface area contributed by atoms with Crippen LogP contribution in [0.1, 0.15) is 0 Å². The van der Waals surface area contributed by atoms with Gasteiger partial charge < -0.3 is 30.6 Å². The van der Waals surface area contributed by atoms with Gasteiger partial charge in [0.2, 0.25) is 11.9 Å². The molecule has 0 aliphatic heterocycles. The van der Waals surface area contributed by atoms with Gasteiger partial charge in [-0.2, -0.15) is 0 Å². The Morgan fingerprint density at radius 1 is 1.17 bits per heavy atom. The lowest BCUT2D eigenvalue weighted by atomic mass is 10.1. The Hall–Kier alpha value is -4.37. The highest BCUT2D eigenvalue weighted by atomic mass is 16.5. The first-order valence-corrected chi connectivity index (χ1v) is 11.2. The van der Waals surface area contributed by atoms with Crippen molar-refractivity contribution in [2.24, 2.45) is 0 Å². The first kappa shape index (κ1) is 23.8. The van der Waals surface area contributed by atoms with Gasteiger partial charge in [0.25, 0.3) is 0 Å². The highest BCUT2D eigenvalue weighted by Gasteiger charge is 2.14. The molecular weight excluding hydrogens is 442 g/mol. The van der Waals surface area contributed by atoms with E-state index in [2.05, 4.69) is 43.5 Å². The SMILES string of the molecule is C=CC(=O)Nc1cc(Nc2nccc(-c3c[nH]c4ccccc34)n2)c(OC)cc1NCCN(C)C. The number of aromatic nitrogens is 3. The molecule has 0 aliphatic rings. The zero-order valence-electron chi connectivity index (χ0n) is 20.1. The summed E-state index contributed by atoms with van der Waals surface area (Å²) in [5.41, 5.74) is 4.74. The third kappa shape index (κ3) is 5.59. The van der Waals surface area contributed by atoms with Gasteiger partial charge in [-0.05, 0) is 38.4 Å². The summed E-state index contributed by atoms with van der Waals surface area (Å²) in [5.74, 6) is 0.671. The van der Waals surface area contributed by atoms with Crippen molar-refractivity contribution in [1.29, 1.82) is 0 Å². The van der Waals surface area contributed by atoms with Crippen molar-refractivity contribution in [2.45, 2.75) is 0 Å². The van der Waals surface area contributed by atoms with E-state index in [0.29, 0.717) is 29.6 Å². The monoisotopic (exact) mass is 471 g/mol. The Morgan fingerprint density at radius 3 is 2.77 bits per heavy atom. The molecule has 2 aromatic heterocycles. The molecule has 0 spiro atoms. The van der Waals surface area contributed by atoms with Crippen LogP contribution in [-0.2, 0) is 4.79 Å². The summed E-state index contributed by atoms with van der Waals surface area (Å²) in [6, 6.07) is 13.6. The molecule has 0 aliphatic carbocycles. The topological polar surface area (TPSA) is 107 Å². The van der Waals surface area contributed by atoms with Crippen LogP contribution >= 0.6 is 0 Å². The Labute approximate surface area is 204 Å². The van der Waals surface area contributed by atoms with Gasteiger partial charge in [-0.1, -0.05) is 24.8 Å². The molecule has 0 unspecified atom stereocenters. The Morgan fingerprint density at radius 2 is 2.00 bits per heavy atom. The second-order valence-corrected chi connectivity index (χ2v) is 8.16. The van der Waals surface area contributed by atoms with Gasteiger partial charge in [-0.25, -0.2) is 9.97 Å². The summed E-state index contributed by atoms with van der Waals surface area (Å²) >= 11 is 0. The number of carbonyl (C=O) groups excluding carboxylic acids is 1. The van der Waals surface area contributed by atoms with Gasteiger partial charge in [0.1, 0.15) is 5.75 Å². The molecule has 35 heavy (non-hydrogen) atoms. The van der Waals surface area contributed by atoms with Crippen molar-refractivity contribution < 1.29 is 9.53 Å². The van der Waals surface area contributed by atoms with Crippen LogP contribution in [0.3, 0.4) is 0 Å². The lowest BCUT2D eigenvalue weighted by molar-refractivity contribution is -0.111. The molecule has 4 rings (SSSR count). The standard InChI is InChI=1S/C26H29N7O2/c1-5-25(34)30-22-14-23(24(35-4)15-21(22)27-12-13-33(2)3)32-26-28-11-10-20(31-26)18-16-29-19-9-7-6-8-17(18)19/h5-11,14-16,27,29H,1,12-13H2,2-4H3,(H,30,34)(H,28,31,32). The Bertz CT molecular complexity index is 1350. The van der Waals surface area contributed by atoms with Crippen LogP contribution in [0.4, 0.5) is 23.0 Å². The number of nitrogens with one attached hydrogen (secondary N) is 4. The Balaban J connectivity index is 1.66. The Kier molecular flexibility index (Phi) is 7.27. The van der Waals surface area contributed by atoms with Crippen molar-refractivity contribution in [1.82, 2.24) is 19.9 Å². The van der Waals surface area contributed by atoms with E-state index in [1.54, 1.807) is 19.4 Å². The zero-order valence-corrected chi connectivity index (χ0v) is 20.1. The van der Waals surface area contributed by atoms with Crippen LogP contribution in [-0.4, -0.2) is 60.1 Å². The fourth-order valence-electron chi connectivity index (χ4n) is 3.67. The highest BCUT2D eigenvalue weighted by Crippen LogP contribution is 2.36. The number of ether oxygens (including phenoxy) is 1. The molecule has 2 heterocycles. The van der Waals surface area contributed by atoms with Crippen molar-refractivity contribution >= 4 is 39.8 Å². The summed E-state index contributed by atoms with van der Waals surface area (Å²) in [5, 5.41) is 10.5. The van der Waals surface area contributed by atoms with E-state index in [1.165, 1.54) is 6.08 Å². The van der Waals surface area contributed by atoms with Gasteiger partial charge >= 0.3 is 0 Å². The van der Waals surface area contributed by atoms with Gasteiger partial charge in [-0.15, -0.1) is 0 Å². The summed E-state index contributed by atoms with van der Waals surface area (Å²) < 4.78 is 5.63. The minimum absolute atomic E-state index is 0.311. The number of benzene rings is 2. The number of anilines is 4. The van der Waals surface area contributed by atoms with E-state index in [4.69, 9.17) is 9.72 Å². The summed E-state index contributed by atoms with van der Waals surface area (Å²) in [6.07, 6.45) is 4.87. The number of carbonyl (C=O) groups is 1. The van der Waals surface area contributed by atoms with E-state index in [0.717, 1.165) is 34.4 Å². The molecule has 1 amide bonds. The van der Waals surface area contributed by atoms with Crippen LogP contribution in [0.5, 0.6) is 5.75 Å². The van der Waals surface area contributed by atoms with Crippen LogP contribution in [0, 0.1) is 0 Å². The third-order valence-corrected chi connectivity index (χ3v) is 5.42. The lowest BCUT2D eigenvalue weighted by Gasteiger charge is -2.19. The number of rotatable bonds is 10. The first-order chi connectivity index (χ1) is 17.0. The number of aromatic amines is 1. The minimum Gasteiger partial charge on any atom is -0.494 e. The number of H-pyrrole nitrogens is 1. The second kappa shape index (κ2) is 10.7. The molecule has 0 radical (unpaired) electrons. The molecule has 0 saturated carbocycles. The number of hydrogen-bond acceptors (Lipinski definition) is 7. The molecule has 0 bridgehead atoms. The average molecular weight is 472 g/mol. The maximum absolute atomic E-state index is 12.1. The van der Waals surface area contributed by atoms with Crippen molar-refractivity contribution in [2.75, 3.05) is 50.2 Å². The predicted octanol–water partition coefficient (Wildman–Crippen LogP) is 4.48. The van der Waals surface area contributed by atoms with Gasteiger partial charge in [-0.3, -0.25) is 4.79 Å². The first-order valence-electron chi connectivity index (χ1n) is 11.2. The summed E-state index contributed by atoms with van der Waals surface area (Å²) in [7, 11) is 5.59. The molecule has 9 nitrogen and oxygen atoms in total. The molecule has 4 N–H and O–H groups in total. The van der Waals surface area contributed by atoms with Gasteiger partial charge in [0.05, 0.1) is 29.9 Å². The number of methoxy groups -OCH3 is 1. The lowest BCUT2D eigenvalue weighted by Crippen LogP contribution is -2.21. The van der Waals surface area contributed by atoms with Crippen LogP contribution in [0.2, 0.25) is 0 Å². The maximum Gasteiger partial charge on any atom is 0.247 e. The van der Waals surface area contributed by atoms with Gasteiger partial charge in [0, 0.05) is 48.0 Å². The largest absolute Gasteiger partial charge is 0.494 e. The van der Waals surface area contributed by atoms with Crippen molar-refractivity contribution in [3.05, 3.63) is 67.5 Å². The molecule has 4 aromatic rings. The number of para-hydroxylation sites is 1. The number of nitrogens with zero attached hydrogens (tertiary/aromatic N) is 3. The van der Waals surface area contributed by atoms with Crippen LogP contribution in [0.25, 0.3) is 22.2 Å². The second-order valence-electron chi connectivity index (χ2n) is 8.16. The van der Waals surface area contributed by atoms with E-state index in [9.17, 15) is 4.79 Å². The predicted molar refractivity (Wildman–Crippen MR) is 141 cm³/mol. The van der Waals surface area contributed by atoms with E-state index < -0.39 is 0 Å². The fourth-order valence-corrected chi connectivity index (χ4v) is 3.67. The number of amides is 1. The quantitative estimate of drug-likeness (QED) is 0.253. The maximum atomic E-state index is 12.1. The van der Waals surface area contributed by atoms with E-state index in [-0.39, 0.29) is 5.91 Å².